The highest BCUT2D eigenvalue weighted by atomic mass is 32.2. The number of ether oxygens (including phenoxy) is 1. The topological polar surface area (TPSA) is 84.5 Å². The standard InChI is InChI=1S/C23H23FN2O4S/c1-30-20-11-5-17(6-12-20)23(16-3-7-18(24)8-4-16)25-15-22(27)26-19-9-13-21(14-10-19)31(2,28)29/h3-14,23,25H,15H2,1-2H3,(H,26,27). The Labute approximate surface area is 181 Å². The highest BCUT2D eigenvalue weighted by Gasteiger charge is 2.16. The molecule has 0 aliphatic heterocycles. The van der Waals surface area contributed by atoms with E-state index in [-0.39, 0.29) is 29.2 Å². The van der Waals surface area contributed by atoms with Crippen LogP contribution in [0.5, 0.6) is 5.75 Å². The van der Waals surface area contributed by atoms with Crippen molar-refractivity contribution in [2.75, 3.05) is 25.2 Å². The van der Waals surface area contributed by atoms with Crippen molar-refractivity contribution in [3.05, 3.63) is 89.7 Å². The molecule has 0 aromatic heterocycles. The summed E-state index contributed by atoms with van der Waals surface area (Å²) in [6.45, 7) is -0.0120. The fourth-order valence-corrected chi connectivity index (χ4v) is 3.70. The van der Waals surface area contributed by atoms with Crippen LogP contribution in [0.1, 0.15) is 17.2 Å². The maximum atomic E-state index is 13.4. The number of rotatable bonds is 8. The van der Waals surface area contributed by atoms with Crippen LogP contribution in [0.15, 0.2) is 77.7 Å². The molecule has 0 spiro atoms. The van der Waals surface area contributed by atoms with E-state index in [9.17, 15) is 17.6 Å². The molecule has 6 nitrogen and oxygen atoms in total. The van der Waals surface area contributed by atoms with E-state index in [4.69, 9.17) is 4.74 Å². The quantitative estimate of drug-likeness (QED) is 0.557. The van der Waals surface area contributed by atoms with Gasteiger partial charge in [-0.25, -0.2) is 12.8 Å². The Bertz CT molecular complexity index is 1130. The number of hydrogen-bond acceptors (Lipinski definition) is 5. The molecule has 8 heteroatoms. The van der Waals surface area contributed by atoms with Gasteiger partial charge in [0.2, 0.25) is 5.91 Å². The zero-order chi connectivity index (χ0) is 22.4. The molecule has 0 heterocycles. The summed E-state index contributed by atoms with van der Waals surface area (Å²) in [4.78, 5) is 12.6. The molecule has 0 saturated carbocycles. The summed E-state index contributed by atoms with van der Waals surface area (Å²) >= 11 is 0. The fraction of sp³-hybridized carbons (Fsp3) is 0.174. The number of methoxy groups -OCH3 is 1. The Hall–Kier alpha value is -3.23. The highest BCUT2D eigenvalue weighted by Crippen LogP contribution is 2.24. The van der Waals surface area contributed by atoms with E-state index in [1.807, 2.05) is 24.3 Å². The highest BCUT2D eigenvalue weighted by molar-refractivity contribution is 7.90. The number of amides is 1. The number of carbonyl (C=O) groups is 1. The van der Waals surface area contributed by atoms with Crippen molar-refractivity contribution in [1.82, 2.24) is 5.32 Å². The van der Waals surface area contributed by atoms with Crippen molar-refractivity contribution in [3.8, 4) is 5.75 Å². The molecule has 2 N–H and O–H groups in total. The van der Waals surface area contributed by atoms with E-state index in [1.54, 1.807) is 19.2 Å². The maximum Gasteiger partial charge on any atom is 0.238 e. The molecule has 1 unspecified atom stereocenters. The number of sulfone groups is 1. The van der Waals surface area contributed by atoms with Crippen LogP contribution >= 0.6 is 0 Å². The van der Waals surface area contributed by atoms with Gasteiger partial charge in [-0.2, -0.15) is 0 Å². The van der Waals surface area contributed by atoms with E-state index in [1.165, 1.54) is 36.4 Å². The first kappa shape index (κ1) is 22.5. The molecule has 3 aromatic carbocycles. The second-order valence-corrected chi connectivity index (χ2v) is 9.00. The van der Waals surface area contributed by atoms with E-state index >= 15 is 0 Å². The summed E-state index contributed by atoms with van der Waals surface area (Å²) in [5.74, 6) is 0.0668. The molecular weight excluding hydrogens is 419 g/mol. The Balaban J connectivity index is 1.72. The largest absolute Gasteiger partial charge is 0.497 e. The molecule has 0 fully saturated rings. The lowest BCUT2D eigenvalue weighted by Crippen LogP contribution is -2.32. The van der Waals surface area contributed by atoms with E-state index < -0.39 is 9.84 Å². The van der Waals surface area contributed by atoms with Gasteiger partial charge in [0.25, 0.3) is 0 Å². The number of hydrogen-bond donors (Lipinski definition) is 2. The van der Waals surface area contributed by atoms with E-state index in [2.05, 4.69) is 10.6 Å². The SMILES string of the molecule is COc1ccc(C(NCC(=O)Nc2ccc(S(C)(=O)=O)cc2)c2ccc(F)cc2)cc1. The lowest BCUT2D eigenvalue weighted by atomic mass is 9.98. The van der Waals surface area contributed by atoms with Gasteiger partial charge < -0.3 is 10.1 Å². The predicted molar refractivity (Wildman–Crippen MR) is 117 cm³/mol. The van der Waals surface area contributed by atoms with Gasteiger partial charge in [-0.1, -0.05) is 24.3 Å². The number of carbonyl (C=O) groups excluding carboxylic acids is 1. The van der Waals surface area contributed by atoms with Gasteiger partial charge in [-0.05, 0) is 59.7 Å². The zero-order valence-corrected chi connectivity index (χ0v) is 17.9. The molecule has 0 saturated heterocycles. The van der Waals surface area contributed by atoms with Crippen molar-refractivity contribution >= 4 is 21.4 Å². The minimum Gasteiger partial charge on any atom is -0.497 e. The van der Waals surface area contributed by atoms with Gasteiger partial charge in [0.1, 0.15) is 11.6 Å². The minimum atomic E-state index is -3.30. The first-order chi connectivity index (χ1) is 14.8. The van der Waals surface area contributed by atoms with Crippen molar-refractivity contribution < 1.29 is 22.3 Å². The third-order valence-electron chi connectivity index (χ3n) is 4.69. The van der Waals surface area contributed by atoms with Crippen LogP contribution in [0.25, 0.3) is 0 Å². The Morgan fingerprint density at radius 3 is 2.00 bits per heavy atom. The van der Waals surface area contributed by atoms with Crippen LogP contribution in [-0.4, -0.2) is 34.2 Å². The zero-order valence-electron chi connectivity index (χ0n) is 17.1. The third-order valence-corrected chi connectivity index (χ3v) is 5.81. The van der Waals surface area contributed by atoms with E-state index in [0.29, 0.717) is 11.4 Å². The molecule has 31 heavy (non-hydrogen) atoms. The van der Waals surface area contributed by atoms with Crippen LogP contribution in [0.3, 0.4) is 0 Å². The molecule has 0 aliphatic carbocycles. The molecule has 3 rings (SSSR count). The van der Waals surface area contributed by atoms with Gasteiger partial charge in [0.05, 0.1) is 24.6 Å². The van der Waals surface area contributed by atoms with Crippen molar-refractivity contribution in [2.24, 2.45) is 0 Å². The number of nitrogens with one attached hydrogen (secondary N) is 2. The number of halogens is 1. The summed E-state index contributed by atoms with van der Waals surface area (Å²) in [6, 6.07) is 19.1. The Kier molecular flexibility index (Phi) is 7.04. The van der Waals surface area contributed by atoms with Crippen molar-refractivity contribution in [2.45, 2.75) is 10.9 Å². The summed E-state index contributed by atoms with van der Waals surface area (Å²) in [5, 5.41) is 5.92. The molecule has 0 radical (unpaired) electrons. The first-order valence-electron chi connectivity index (χ1n) is 9.49. The van der Waals surface area contributed by atoms with Crippen LogP contribution in [-0.2, 0) is 14.6 Å². The van der Waals surface area contributed by atoms with Crippen molar-refractivity contribution in [1.29, 1.82) is 0 Å². The summed E-state index contributed by atoms with van der Waals surface area (Å²) in [7, 11) is -1.72. The molecule has 0 aliphatic rings. The van der Waals surface area contributed by atoms with Gasteiger partial charge in [-0.15, -0.1) is 0 Å². The predicted octanol–water partition coefficient (Wildman–Crippen LogP) is 3.56. The van der Waals surface area contributed by atoms with Crippen LogP contribution < -0.4 is 15.4 Å². The van der Waals surface area contributed by atoms with Gasteiger partial charge in [0.15, 0.2) is 9.84 Å². The lowest BCUT2D eigenvalue weighted by Gasteiger charge is -2.20. The average molecular weight is 443 g/mol. The summed E-state index contributed by atoms with van der Waals surface area (Å²) in [6.07, 6.45) is 1.12. The molecular formula is C23H23FN2O4S. The van der Waals surface area contributed by atoms with Gasteiger partial charge >= 0.3 is 0 Å². The normalized spacial score (nSPS) is 12.2. The summed E-state index contributed by atoms with van der Waals surface area (Å²) in [5.41, 5.74) is 2.18. The second-order valence-electron chi connectivity index (χ2n) is 6.98. The van der Waals surface area contributed by atoms with Crippen LogP contribution in [0, 0.1) is 5.82 Å². The van der Waals surface area contributed by atoms with Gasteiger partial charge in [-0.3, -0.25) is 10.1 Å². The number of anilines is 1. The fourth-order valence-electron chi connectivity index (χ4n) is 3.07. The second kappa shape index (κ2) is 9.72. The van der Waals surface area contributed by atoms with Crippen LogP contribution in [0.2, 0.25) is 0 Å². The monoisotopic (exact) mass is 442 g/mol. The maximum absolute atomic E-state index is 13.4. The molecule has 3 aromatic rings. The third kappa shape index (κ3) is 6.13. The Morgan fingerprint density at radius 2 is 1.48 bits per heavy atom. The lowest BCUT2D eigenvalue weighted by molar-refractivity contribution is -0.115. The van der Waals surface area contributed by atoms with Crippen molar-refractivity contribution in [3.63, 3.8) is 0 Å². The Morgan fingerprint density at radius 1 is 0.935 bits per heavy atom. The minimum absolute atomic E-state index is 0.0120. The molecule has 162 valence electrons. The molecule has 0 bridgehead atoms. The number of benzene rings is 3. The molecule has 1 amide bonds. The average Bonchev–Trinajstić information content (AvgIpc) is 2.75. The molecule has 1 atom stereocenters. The van der Waals surface area contributed by atoms with E-state index in [0.717, 1.165) is 17.4 Å². The van der Waals surface area contributed by atoms with Crippen LogP contribution in [0.4, 0.5) is 10.1 Å². The smallest absolute Gasteiger partial charge is 0.238 e. The summed E-state index contributed by atoms with van der Waals surface area (Å²) < 4.78 is 41.7. The van der Waals surface area contributed by atoms with Gasteiger partial charge in [0, 0.05) is 11.9 Å². The first-order valence-corrected chi connectivity index (χ1v) is 11.4.